The Kier molecular flexibility index (Phi) is 5.21. The standard InChI is InChI=1S/C23H20N2O6/c1-13-12-18(24-31-13)25-20(16-6-4-5-7-17(16)30-3)19(22(27)23(25)28)21(26)14-8-10-15(29-2)11-9-14/h4-12,20,26H,1-3H3/t20-/m1/s1. The number of anilines is 1. The summed E-state index contributed by atoms with van der Waals surface area (Å²) < 4.78 is 15.7. The van der Waals surface area contributed by atoms with Gasteiger partial charge in [0.05, 0.1) is 19.8 Å². The molecule has 0 bridgehead atoms. The molecular formula is C23H20N2O6. The second-order valence-corrected chi connectivity index (χ2v) is 6.94. The first-order valence-corrected chi connectivity index (χ1v) is 9.48. The Bertz CT molecular complexity index is 1180. The molecule has 2 aromatic carbocycles. The number of aromatic nitrogens is 1. The highest BCUT2D eigenvalue weighted by Gasteiger charge is 2.49. The molecule has 8 nitrogen and oxygen atoms in total. The van der Waals surface area contributed by atoms with Crippen molar-refractivity contribution in [2.45, 2.75) is 13.0 Å². The van der Waals surface area contributed by atoms with Crippen LogP contribution in [0.2, 0.25) is 0 Å². The molecule has 0 saturated carbocycles. The lowest BCUT2D eigenvalue weighted by Gasteiger charge is -2.24. The summed E-state index contributed by atoms with van der Waals surface area (Å²) in [5.74, 6) is -0.254. The number of aryl methyl sites for hydroxylation is 1. The number of benzene rings is 2. The SMILES string of the molecule is COc1ccc(C(O)=C2C(=O)C(=O)N(c3cc(C)on3)[C@@H]2c2ccccc2OC)cc1. The fraction of sp³-hybridized carbons (Fsp3) is 0.174. The van der Waals surface area contributed by atoms with Crippen LogP contribution in [0.3, 0.4) is 0 Å². The van der Waals surface area contributed by atoms with Crippen LogP contribution in [0.5, 0.6) is 11.5 Å². The Balaban J connectivity index is 1.95. The maximum atomic E-state index is 13.1. The van der Waals surface area contributed by atoms with Crippen molar-refractivity contribution in [3.63, 3.8) is 0 Å². The number of ketones is 1. The summed E-state index contributed by atoms with van der Waals surface area (Å²) in [5.41, 5.74) is 0.829. The minimum atomic E-state index is -0.956. The molecule has 1 amide bonds. The highest BCUT2D eigenvalue weighted by atomic mass is 16.5. The first-order chi connectivity index (χ1) is 15.0. The van der Waals surface area contributed by atoms with Gasteiger partial charge in [-0.1, -0.05) is 23.4 Å². The number of methoxy groups -OCH3 is 2. The Morgan fingerprint density at radius 3 is 2.39 bits per heavy atom. The van der Waals surface area contributed by atoms with Crippen molar-refractivity contribution < 1.29 is 28.7 Å². The Morgan fingerprint density at radius 2 is 1.77 bits per heavy atom. The average molecular weight is 420 g/mol. The topological polar surface area (TPSA) is 102 Å². The molecule has 1 aromatic heterocycles. The van der Waals surface area contributed by atoms with Gasteiger partial charge >= 0.3 is 5.91 Å². The Morgan fingerprint density at radius 1 is 1.06 bits per heavy atom. The fourth-order valence-electron chi connectivity index (χ4n) is 3.63. The first-order valence-electron chi connectivity index (χ1n) is 9.48. The van der Waals surface area contributed by atoms with Crippen LogP contribution in [0.25, 0.3) is 5.76 Å². The quantitative estimate of drug-likeness (QED) is 0.382. The molecule has 31 heavy (non-hydrogen) atoms. The lowest BCUT2D eigenvalue weighted by Crippen LogP contribution is -2.29. The second-order valence-electron chi connectivity index (χ2n) is 6.94. The second kappa shape index (κ2) is 7.98. The predicted octanol–water partition coefficient (Wildman–Crippen LogP) is 3.63. The molecule has 158 valence electrons. The van der Waals surface area contributed by atoms with Gasteiger partial charge in [-0.15, -0.1) is 0 Å². The number of carbonyl (C=O) groups is 2. The van der Waals surface area contributed by atoms with E-state index in [9.17, 15) is 14.7 Å². The summed E-state index contributed by atoms with van der Waals surface area (Å²) >= 11 is 0. The van der Waals surface area contributed by atoms with Crippen molar-refractivity contribution in [2.75, 3.05) is 19.1 Å². The monoisotopic (exact) mass is 420 g/mol. The zero-order valence-corrected chi connectivity index (χ0v) is 17.2. The summed E-state index contributed by atoms with van der Waals surface area (Å²) in [7, 11) is 3.02. The molecule has 1 atom stereocenters. The molecule has 1 saturated heterocycles. The first kappa shape index (κ1) is 20.2. The van der Waals surface area contributed by atoms with Gasteiger partial charge in [0.1, 0.15) is 29.1 Å². The third kappa shape index (κ3) is 3.42. The summed E-state index contributed by atoms with van der Waals surface area (Å²) in [4.78, 5) is 27.3. The molecule has 0 aliphatic carbocycles. The third-order valence-electron chi connectivity index (χ3n) is 5.10. The predicted molar refractivity (Wildman–Crippen MR) is 112 cm³/mol. The molecule has 2 heterocycles. The van der Waals surface area contributed by atoms with E-state index in [1.165, 1.54) is 19.1 Å². The zero-order valence-electron chi connectivity index (χ0n) is 17.2. The number of para-hydroxylation sites is 1. The summed E-state index contributed by atoms with van der Waals surface area (Å²) in [6.07, 6.45) is 0. The number of carbonyl (C=O) groups excluding carboxylic acids is 2. The van der Waals surface area contributed by atoms with Crippen LogP contribution in [0.1, 0.15) is 22.9 Å². The lowest BCUT2D eigenvalue weighted by molar-refractivity contribution is -0.132. The van der Waals surface area contributed by atoms with Gasteiger partial charge in [-0.05, 0) is 37.3 Å². The summed E-state index contributed by atoms with van der Waals surface area (Å²) in [6, 6.07) is 14.1. The number of Topliss-reactive ketones (excluding diaryl/α,β-unsaturated/α-hetero) is 1. The fourth-order valence-corrected chi connectivity index (χ4v) is 3.63. The van der Waals surface area contributed by atoms with Crippen molar-refractivity contribution >= 4 is 23.3 Å². The van der Waals surface area contributed by atoms with E-state index >= 15 is 0 Å². The molecule has 1 N–H and O–H groups in total. The summed E-state index contributed by atoms with van der Waals surface area (Å²) in [6.45, 7) is 1.68. The van der Waals surface area contributed by atoms with Gasteiger partial charge < -0.3 is 19.1 Å². The van der Waals surface area contributed by atoms with Gasteiger partial charge in [-0.3, -0.25) is 14.5 Å². The molecule has 1 fully saturated rings. The van der Waals surface area contributed by atoms with Gasteiger partial charge in [0, 0.05) is 17.2 Å². The van der Waals surface area contributed by atoms with Crippen LogP contribution in [0, 0.1) is 6.92 Å². The number of hydrogen-bond donors (Lipinski definition) is 1. The van der Waals surface area contributed by atoms with E-state index in [2.05, 4.69) is 5.16 Å². The van der Waals surface area contributed by atoms with E-state index in [-0.39, 0.29) is 17.2 Å². The number of ether oxygens (including phenoxy) is 2. The van der Waals surface area contributed by atoms with Crippen molar-refractivity contribution in [2.24, 2.45) is 0 Å². The van der Waals surface area contributed by atoms with Crippen molar-refractivity contribution in [3.05, 3.63) is 77.1 Å². The van der Waals surface area contributed by atoms with Gasteiger partial charge in [0.25, 0.3) is 5.78 Å². The smallest absolute Gasteiger partial charge is 0.301 e. The largest absolute Gasteiger partial charge is 0.507 e. The number of aliphatic hydroxyl groups excluding tert-OH is 1. The number of aliphatic hydroxyl groups is 1. The van der Waals surface area contributed by atoms with Gasteiger partial charge in [0.15, 0.2) is 5.82 Å². The Hall–Kier alpha value is -4.07. The summed E-state index contributed by atoms with van der Waals surface area (Å²) in [5, 5.41) is 15.0. The molecule has 1 aliphatic heterocycles. The van der Waals surface area contributed by atoms with Crippen LogP contribution in [0.15, 0.2) is 64.7 Å². The van der Waals surface area contributed by atoms with Crippen molar-refractivity contribution in [3.8, 4) is 11.5 Å². The number of hydrogen-bond acceptors (Lipinski definition) is 7. The maximum absolute atomic E-state index is 13.1. The van der Waals surface area contributed by atoms with E-state index in [1.807, 2.05) is 0 Å². The van der Waals surface area contributed by atoms with E-state index in [4.69, 9.17) is 14.0 Å². The molecule has 0 unspecified atom stereocenters. The maximum Gasteiger partial charge on any atom is 0.301 e. The van der Waals surface area contributed by atoms with Gasteiger partial charge in [0.2, 0.25) is 0 Å². The van der Waals surface area contributed by atoms with Crippen LogP contribution in [0.4, 0.5) is 5.82 Å². The van der Waals surface area contributed by atoms with E-state index < -0.39 is 17.7 Å². The Labute approximate surface area is 178 Å². The minimum Gasteiger partial charge on any atom is -0.507 e. The highest BCUT2D eigenvalue weighted by Crippen LogP contribution is 2.44. The molecule has 8 heteroatoms. The van der Waals surface area contributed by atoms with Gasteiger partial charge in [-0.25, -0.2) is 0 Å². The van der Waals surface area contributed by atoms with Crippen LogP contribution in [-0.2, 0) is 9.59 Å². The normalized spacial score (nSPS) is 17.8. The molecule has 0 radical (unpaired) electrons. The number of amides is 1. The average Bonchev–Trinajstić information content (AvgIpc) is 3.33. The number of nitrogens with zero attached hydrogens (tertiary/aromatic N) is 2. The third-order valence-corrected chi connectivity index (χ3v) is 5.10. The van der Waals surface area contributed by atoms with Crippen LogP contribution in [-0.4, -0.2) is 36.2 Å². The molecule has 4 rings (SSSR count). The molecule has 1 aliphatic rings. The lowest BCUT2D eigenvalue weighted by atomic mass is 9.94. The molecular weight excluding hydrogens is 400 g/mol. The van der Waals surface area contributed by atoms with Gasteiger partial charge in [-0.2, -0.15) is 0 Å². The molecule has 3 aromatic rings. The molecule has 0 spiro atoms. The van der Waals surface area contributed by atoms with E-state index in [0.29, 0.717) is 28.4 Å². The minimum absolute atomic E-state index is 0.0691. The number of rotatable bonds is 5. The highest BCUT2D eigenvalue weighted by molar-refractivity contribution is 6.51. The van der Waals surface area contributed by atoms with Crippen molar-refractivity contribution in [1.82, 2.24) is 5.16 Å². The van der Waals surface area contributed by atoms with Crippen molar-refractivity contribution in [1.29, 1.82) is 0 Å². The van der Waals surface area contributed by atoms with E-state index in [0.717, 1.165) is 0 Å². The van der Waals surface area contributed by atoms with Crippen LogP contribution < -0.4 is 14.4 Å². The van der Waals surface area contributed by atoms with E-state index in [1.54, 1.807) is 61.5 Å². The zero-order chi connectivity index (χ0) is 22.1. The van der Waals surface area contributed by atoms with Crippen LogP contribution >= 0.6 is 0 Å².